The molecule has 1 aromatic carbocycles. The fraction of sp³-hybridized carbons (Fsp3) is 0.267. The first kappa shape index (κ1) is 15.0. The number of aromatic nitrogens is 1. The number of hydrogen-bond acceptors (Lipinski definition) is 3. The standard InChI is InChI=1S/C15H14BrF2N3O/c1-19-13-11-3-2-6-21(11)15(22)12(18)14(13)20-10-5-4-8(16)7-9(10)17/h4-5,7,19-20H,2-3,6H2,1H3. The molecular weight excluding hydrogens is 356 g/mol. The van der Waals surface area contributed by atoms with Crippen LogP contribution in [0.2, 0.25) is 0 Å². The summed E-state index contributed by atoms with van der Waals surface area (Å²) < 4.78 is 30.4. The van der Waals surface area contributed by atoms with E-state index in [2.05, 4.69) is 26.6 Å². The zero-order chi connectivity index (χ0) is 15.9. The Labute approximate surface area is 134 Å². The second-order valence-electron chi connectivity index (χ2n) is 5.07. The molecule has 0 radical (unpaired) electrons. The lowest BCUT2D eigenvalue weighted by Gasteiger charge is -2.17. The summed E-state index contributed by atoms with van der Waals surface area (Å²) >= 11 is 3.17. The molecule has 116 valence electrons. The van der Waals surface area contributed by atoms with Crippen LogP contribution in [0.1, 0.15) is 12.1 Å². The summed E-state index contributed by atoms with van der Waals surface area (Å²) in [5, 5.41) is 5.63. The maximum Gasteiger partial charge on any atom is 0.289 e. The third-order valence-electron chi connectivity index (χ3n) is 3.75. The molecule has 0 unspecified atom stereocenters. The van der Waals surface area contributed by atoms with Crippen molar-refractivity contribution >= 4 is 33.0 Å². The van der Waals surface area contributed by atoms with E-state index in [9.17, 15) is 13.6 Å². The Hall–Kier alpha value is -1.89. The second kappa shape index (κ2) is 5.72. The van der Waals surface area contributed by atoms with Crippen LogP contribution >= 0.6 is 15.9 Å². The minimum atomic E-state index is -0.905. The van der Waals surface area contributed by atoms with E-state index in [1.165, 1.54) is 16.7 Å². The van der Waals surface area contributed by atoms with Gasteiger partial charge in [0.25, 0.3) is 5.56 Å². The van der Waals surface area contributed by atoms with Gasteiger partial charge in [0.05, 0.1) is 11.4 Å². The number of anilines is 3. The van der Waals surface area contributed by atoms with Crippen molar-refractivity contribution in [2.75, 3.05) is 17.7 Å². The zero-order valence-corrected chi connectivity index (χ0v) is 13.4. The maximum atomic E-state index is 14.4. The highest BCUT2D eigenvalue weighted by Gasteiger charge is 2.24. The summed E-state index contributed by atoms with van der Waals surface area (Å²) in [5.74, 6) is -1.44. The van der Waals surface area contributed by atoms with E-state index in [0.29, 0.717) is 23.1 Å². The van der Waals surface area contributed by atoms with E-state index in [-0.39, 0.29) is 11.4 Å². The van der Waals surface area contributed by atoms with Gasteiger partial charge < -0.3 is 15.2 Å². The highest BCUT2D eigenvalue weighted by Crippen LogP contribution is 2.34. The third-order valence-corrected chi connectivity index (χ3v) is 4.25. The summed E-state index contributed by atoms with van der Waals surface area (Å²) in [6.45, 7) is 0.507. The maximum absolute atomic E-state index is 14.4. The minimum absolute atomic E-state index is 0.0122. The quantitative estimate of drug-likeness (QED) is 0.868. The average Bonchev–Trinajstić information content (AvgIpc) is 2.96. The number of rotatable bonds is 3. The molecule has 22 heavy (non-hydrogen) atoms. The molecule has 2 N–H and O–H groups in total. The molecule has 2 heterocycles. The highest BCUT2D eigenvalue weighted by atomic mass is 79.9. The minimum Gasteiger partial charge on any atom is -0.385 e. The van der Waals surface area contributed by atoms with Crippen LogP contribution in [0.4, 0.5) is 25.8 Å². The van der Waals surface area contributed by atoms with Gasteiger partial charge in [0.15, 0.2) is 0 Å². The predicted molar refractivity (Wildman–Crippen MR) is 85.9 cm³/mol. The number of pyridine rings is 1. The van der Waals surface area contributed by atoms with Crippen LogP contribution in [0, 0.1) is 11.6 Å². The van der Waals surface area contributed by atoms with Gasteiger partial charge >= 0.3 is 0 Å². The van der Waals surface area contributed by atoms with Crippen LogP contribution in [0.25, 0.3) is 0 Å². The molecule has 1 aliphatic rings. The van der Waals surface area contributed by atoms with Crippen molar-refractivity contribution in [2.24, 2.45) is 0 Å². The first-order valence-electron chi connectivity index (χ1n) is 6.88. The van der Waals surface area contributed by atoms with E-state index in [1.54, 1.807) is 13.1 Å². The lowest BCUT2D eigenvalue weighted by molar-refractivity contribution is 0.582. The van der Waals surface area contributed by atoms with Crippen molar-refractivity contribution in [2.45, 2.75) is 19.4 Å². The first-order valence-corrected chi connectivity index (χ1v) is 7.67. The van der Waals surface area contributed by atoms with E-state index in [0.717, 1.165) is 12.1 Å². The fourth-order valence-corrected chi connectivity index (χ4v) is 3.08. The summed E-state index contributed by atoms with van der Waals surface area (Å²) in [7, 11) is 1.65. The van der Waals surface area contributed by atoms with Gasteiger partial charge in [-0.1, -0.05) is 15.9 Å². The van der Waals surface area contributed by atoms with E-state index in [1.807, 2.05) is 0 Å². The molecule has 7 heteroatoms. The lowest BCUT2D eigenvalue weighted by Crippen LogP contribution is -2.25. The molecule has 0 fully saturated rings. The van der Waals surface area contributed by atoms with Gasteiger partial charge in [0.2, 0.25) is 5.82 Å². The van der Waals surface area contributed by atoms with Crippen LogP contribution in [-0.4, -0.2) is 11.6 Å². The van der Waals surface area contributed by atoms with Crippen molar-refractivity contribution in [3.8, 4) is 0 Å². The number of hydrogen-bond donors (Lipinski definition) is 2. The van der Waals surface area contributed by atoms with Crippen LogP contribution in [0.3, 0.4) is 0 Å². The molecule has 0 atom stereocenters. The van der Waals surface area contributed by atoms with Gasteiger partial charge in [-0.05, 0) is 31.0 Å². The molecule has 1 aromatic heterocycles. The van der Waals surface area contributed by atoms with Gasteiger partial charge in [0, 0.05) is 23.8 Å². The smallest absolute Gasteiger partial charge is 0.289 e. The molecule has 0 spiro atoms. The fourth-order valence-electron chi connectivity index (χ4n) is 2.75. The molecule has 0 aliphatic carbocycles. The molecule has 4 nitrogen and oxygen atoms in total. The average molecular weight is 370 g/mol. The van der Waals surface area contributed by atoms with Gasteiger partial charge in [0.1, 0.15) is 11.5 Å². The topological polar surface area (TPSA) is 46.1 Å². The number of fused-ring (bicyclic) bond motifs is 1. The van der Waals surface area contributed by atoms with Crippen LogP contribution in [-0.2, 0) is 13.0 Å². The number of nitrogens with zero attached hydrogens (tertiary/aromatic N) is 1. The summed E-state index contributed by atoms with van der Waals surface area (Å²) in [5.41, 5.74) is 0.667. The number of halogens is 3. The second-order valence-corrected chi connectivity index (χ2v) is 5.99. The molecule has 3 rings (SSSR count). The molecule has 0 amide bonds. The first-order chi connectivity index (χ1) is 10.5. The van der Waals surface area contributed by atoms with E-state index >= 15 is 0 Å². The van der Waals surface area contributed by atoms with Gasteiger partial charge in [-0.25, -0.2) is 4.39 Å². The predicted octanol–water partition coefficient (Wildman–Crippen LogP) is 3.62. The Morgan fingerprint density at radius 2 is 2.05 bits per heavy atom. The Bertz CT molecular complexity index is 804. The molecule has 0 saturated carbocycles. The van der Waals surface area contributed by atoms with Gasteiger partial charge in [-0.15, -0.1) is 0 Å². The molecule has 0 bridgehead atoms. The van der Waals surface area contributed by atoms with E-state index < -0.39 is 17.2 Å². The lowest BCUT2D eigenvalue weighted by atomic mass is 10.2. The summed E-state index contributed by atoms with van der Waals surface area (Å²) in [6, 6.07) is 4.41. The van der Waals surface area contributed by atoms with Gasteiger partial charge in [-0.3, -0.25) is 4.79 Å². The zero-order valence-electron chi connectivity index (χ0n) is 11.8. The Kier molecular flexibility index (Phi) is 3.90. The van der Waals surface area contributed by atoms with Gasteiger partial charge in [-0.2, -0.15) is 4.39 Å². The molecular formula is C15H14BrF2N3O. The summed E-state index contributed by atoms with van der Waals surface area (Å²) in [6.07, 6.45) is 1.47. The van der Waals surface area contributed by atoms with Crippen molar-refractivity contribution in [1.29, 1.82) is 0 Å². The SMILES string of the molecule is CNc1c(Nc2ccc(Br)cc2F)c(F)c(=O)n2c1CCC2. The Balaban J connectivity index is 2.14. The Morgan fingerprint density at radius 1 is 1.27 bits per heavy atom. The number of nitrogens with one attached hydrogen (secondary N) is 2. The van der Waals surface area contributed by atoms with Crippen molar-refractivity contribution < 1.29 is 8.78 Å². The Morgan fingerprint density at radius 3 is 2.73 bits per heavy atom. The number of benzene rings is 1. The monoisotopic (exact) mass is 369 g/mol. The molecule has 0 saturated heterocycles. The molecule has 2 aromatic rings. The van der Waals surface area contributed by atoms with E-state index in [4.69, 9.17) is 0 Å². The van der Waals surface area contributed by atoms with Crippen molar-refractivity contribution in [3.05, 3.63) is 50.4 Å². The normalized spacial score (nSPS) is 13.1. The van der Waals surface area contributed by atoms with Crippen molar-refractivity contribution in [1.82, 2.24) is 4.57 Å². The van der Waals surface area contributed by atoms with Crippen LogP contribution in [0.5, 0.6) is 0 Å². The third kappa shape index (κ3) is 2.39. The highest BCUT2D eigenvalue weighted by molar-refractivity contribution is 9.10. The van der Waals surface area contributed by atoms with Crippen LogP contribution in [0.15, 0.2) is 27.5 Å². The summed E-state index contributed by atoms with van der Waals surface area (Å²) in [4.78, 5) is 12.1. The largest absolute Gasteiger partial charge is 0.385 e. The van der Waals surface area contributed by atoms with Crippen molar-refractivity contribution in [3.63, 3.8) is 0 Å². The van der Waals surface area contributed by atoms with Crippen LogP contribution < -0.4 is 16.2 Å². The molecule has 1 aliphatic heterocycles.